The molecular weight excluding hydrogens is 262 g/mol. The summed E-state index contributed by atoms with van der Waals surface area (Å²) in [7, 11) is 0. The molecule has 0 atom stereocenters. The molecule has 2 aromatic rings. The first-order valence-corrected chi connectivity index (χ1v) is 8.89. The molecule has 80 valence electrons. The van der Waals surface area contributed by atoms with Gasteiger partial charge in [0.1, 0.15) is 0 Å². The lowest BCUT2D eigenvalue weighted by Gasteiger charge is -2.08. The van der Waals surface area contributed by atoms with Crippen molar-refractivity contribution in [1.29, 1.82) is 0 Å². The van der Waals surface area contributed by atoms with Gasteiger partial charge in [-0.3, -0.25) is 0 Å². The first kappa shape index (κ1) is 11.6. The average molecular weight is 273 g/mol. The molecule has 0 aliphatic carbocycles. The molecule has 0 spiro atoms. The van der Waals surface area contributed by atoms with E-state index in [1.807, 2.05) is 29.0 Å². The summed E-state index contributed by atoms with van der Waals surface area (Å²) in [5.41, 5.74) is 3.10. The zero-order chi connectivity index (χ0) is 10.8. The maximum atomic E-state index is 4.45. The summed E-state index contributed by atoms with van der Waals surface area (Å²) in [4.78, 5) is 8.47. The van der Waals surface area contributed by atoms with Crippen LogP contribution in [-0.2, 0) is 0 Å². The third kappa shape index (κ3) is 2.02. The van der Waals surface area contributed by atoms with Crippen LogP contribution in [0.4, 0.5) is 0 Å². The van der Waals surface area contributed by atoms with Gasteiger partial charge in [-0.2, -0.15) is 0 Å². The molecule has 0 saturated heterocycles. The van der Waals surface area contributed by atoms with Gasteiger partial charge in [-0.25, -0.2) is 4.98 Å². The van der Waals surface area contributed by atoms with E-state index in [0.29, 0.717) is 0 Å². The lowest BCUT2D eigenvalue weighted by molar-refractivity contribution is 1.25. The maximum Gasteiger partial charge on any atom is 0.0959 e. The van der Waals surface area contributed by atoms with Crippen molar-refractivity contribution in [2.24, 2.45) is 0 Å². The molecule has 0 aliphatic rings. The summed E-state index contributed by atoms with van der Waals surface area (Å²) < 4.78 is 1.33. The Hall–Kier alpha value is 0.160. The van der Waals surface area contributed by atoms with E-state index in [4.69, 9.17) is 0 Å². The van der Waals surface area contributed by atoms with Gasteiger partial charge in [0.2, 0.25) is 0 Å². The standard InChI is InChI=1S/C10H11NS4/c1-12-6-4-7(13-2)9(14-3)10-8(6)11-5-15-10/h4-5H,1-3H3. The van der Waals surface area contributed by atoms with Crippen LogP contribution < -0.4 is 0 Å². The summed E-state index contributed by atoms with van der Waals surface area (Å²) in [5, 5.41) is 0. The summed E-state index contributed by atoms with van der Waals surface area (Å²) in [6, 6.07) is 2.25. The molecule has 1 heterocycles. The van der Waals surface area contributed by atoms with E-state index in [0.717, 1.165) is 5.52 Å². The quantitative estimate of drug-likeness (QED) is 0.765. The molecule has 0 radical (unpaired) electrons. The van der Waals surface area contributed by atoms with E-state index < -0.39 is 0 Å². The van der Waals surface area contributed by atoms with Crippen LogP contribution >= 0.6 is 46.6 Å². The average Bonchev–Trinajstić information content (AvgIpc) is 2.75. The van der Waals surface area contributed by atoms with E-state index in [-0.39, 0.29) is 0 Å². The lowest BCUT2D eigenvalue weighted by atomic mass is 10.3. The highest BCUT2D eigenvalue weighted by molar-refractivity contribution is 8.02. The van der Waals surface area contributed by atoms with Crippen molar-refractivity contribution in [2.45, 2.75) is 14.7 Å². The van der Waals surface area contributed by atoms with E-state index >= 15 is 0 Å². The Morgan fingerprint density at radius 1 is 1.07 bits per heavy atom. The van der Waals surface area contributed by atoms with Crippen LogP contribution in [0.1, 0.15) is 0 Å². The van der Waals surface area contributed by atoms with Crippen molar-refractivity contribution in [2.75, 3.05) is 18.8 Å². The van der Waals surface area contributed by atoms with E-state index in [2.05, 4.69) is 29.8 Å². The fourth-order valence-electron chi connectivity index (χ4n) is 1.45. The van der Waals surface area contributed by atoms with Gasteiger partial charge < -0.3 is 0 Å². The van der Waals surface area contributed by atoms with Gasteiger partial charge >= 0.3 is 0 Å². The van der Waals surface area contributed by atoms with Crippen LogP contribution in [0.15, 0.2) is 26.3 Å². The zero-order valence-electron chi connectivity index (χ0n) is 8.73. The van der Waals surface area contributed by atoms with Gasteiger partial charge in [-0.15, -0.1) is 46.6 Å². The third-order valence-corrected chi connectivity index (χ3v) is 5.58. The van der Waals surface area contributed by atoms with Gasteiger partial charge in [0.05, 0.1) is 15.7 Å². The minimum absolute atomic E-state index is 1.16. The highest BCUT2D eigenvalue weighted by Crippen LogP contribution is 2.41. The second-order valence-corrected chi connectivity index (χ2v) is 6.21. The van der Waals surface area contributed by atoms with Crippen molar-refractivity contribution in [1.82, 2.24) is 4.98 Å². The van der Waals surface area contributed by atoms with Crippen molar-refractivity contribution in [3.63, 3.8) is 0 Å². The number of rotatable bonds is 3. The minimum atomic E-state index is 1.16. The normalized spacial score (nSPS) is 11.1. The number of hydrogen-bond donors (Lipinski definition) is 0. The van der Waals surface area contributed by atoms with Gasteiger partial charge in [-0.1, -0.05) is 0 Å². The molecule has 0 N–H and O–H groups in total. The molecule has 0 fully saturated rings. The predicted molar refractivity (Wildman–Crippen MR) is 75.0 cm³/mol. The number of fused-ring (bicyclic) bond motifs is 1. The van der Waals surface area contributed by atoms with Crippen molar-refractivity contribution >= 4 is 56.8 Å². The zero-order valence-corrected chi connectivity index (χ0v) is 12.0. The molecular formula is C10H11NS4. The number of thiazole rings is 1. The molecule has 1 aromatic carbocycles. The second kappa shape index (κ2) is 4.99. The molecule has 1 nitrogen and oxygen atoms in total. The van der Waals surface area contributed by atoms with Crippen LogP contribution in [-0.4, -0.2) is 23.8 Å². The first-order chi connectivity index (χ1) is 7.31. The van der Waals surface area contributed by atoms with Gasteiger partial charge in [0, 0.05) is 14.7 Å². The fraction of sp³-hybridized carbons (Fsp3) is 0.300. The molecule has 5 heteroatoms. The Kier molecular flexibility index (Phi) is 3.88. The van der Waals surface area contributed by atoms with Gasteiger partial charge in [-0.05, 0) is 24.8 Å². The fourth-order valence-corrected chi connectivity index (χ4v) is 4.95. The van der Waals surface area contributed by atoms with Crippen LogP contribution in [0, 0.1) is 0 Å². The van der Waals surface area contributed by atoms with Gasteiger partial charge in [0.25, 0.3) is 0 Å². The maximum absolute atomic E-state index is 4.45. The smallest absolute Gasteiger partial charge is 0.0959 e. The number of nitrogens with zero attached hydrogens (tertiary/aromatic N) is 1. The summed E-state index contributed by atoms with van der Waals surface area (Å²) in [6.07, 6.45) is 6.37. The molecule has 0 unspecified atom stereocenters. The molecule has 15 heavy (non-hydrogen) atoms. The third-order valence-electron chi connectivity index (χ3n) is 2.14. The van der Waals surface area contributed by atoms with Crippen molar-refractivity contribution in [3.8, 4) is 0 Å². The SMILES string of the molecule is CSc1cc(SC)c2ncsc2c1SC. The molecule has 0 bridgehead atoms. The largest absolute Gasteiger partial charge is 0.243 e. The molecule has 0 saturated carbocycles. The van der Waals surface area contributed by atoms with E-state index in [1.165, 1.54) is 19.4 Å². The molecule has 0 amide bonds. The molecule has 1 aromatic heterocycles. The number of thioether (sulfide) groups is 3. The highest BCUT2D eigenvalue weighted by Gasteiger charge is 2.12. The Balaban J connectivity index is 2.78. The van der Waals surface area contributed by atoms with Crippen molar-refractivity contribution < 1.29 is 0 Å². The molecule has 2 rings (SSSR count). The Labute approximate surface area is 106 Å². The monoisotopic (exact) mass is 273 g/mol. The van der Waals surface area contributed by atoms with E-state index in [1.54, 1.807) is 23.1 Å². The Bertz CT molecular complexity index is 477. The van der Waals surface area contributed by atoms with E-state index in [9.17, 15) is 0 Å². The predicted octanol–water partition coefficient (Wildman–Crippen LogP) is 4.46. The number of hydrogen-bond acceptors (Lipinski definition) is 5. The second-order valence-electron chi connectivity index (χ2n) is 2.84. The first-order valence-electron chi connectivity index (χ1n) is 4.34. The number of benzene rings is 1. The highest BCUT2D eigenvalue weighted by atomic mass is 32.2. The van der Waals surface area contributed by atoms with Crippen LogP contribution in [0.5, 0.6) is 0 Å². The van der Waals surface area contributed by atoms with Crippen molar-refractivity contribution in [3.05, 3.63) is 11.6 Å². The van der Waals surface area contributed by atoms with Crippen LogP contribution in [0.25, 0.3) is 10.2 Å². The summed E-state index contributed by atoms with van der Waals surface area (Å²) in [6.45, 7) is 0. The Morgan fingerprint density at radius 2 is 1.80 bits per heavy atom. The lowest BCUT2D eigenvalue weighted by Crippen LogP contribution is -1.82. The Morgan fingerprint density at radius 3 is 2.40 bits per heavy atom. The summed E-state index contributed by atoms with van der Waals surface area (Å²) >= 11 is 7.14. The number of aromatic nitrogens is 1. The summed E-state index contributed by atoms with van der Waals surface area (Å²) in [5.74, 6) is 0. The van der Waals surface area contributed by atoms with Gasteiger partial charge in [0.15, 0.2) is 0 Å². The minimum Gasteiger partial charge on any atom is -0.243 e. The van der Waals surface area contributed by atoms with Crippen LogP contribution in [0.3, 0.4) is 0 Å². The topological polar surface area (TPSA) is 12.9 Å². The van der Waals surface area contributed by atoms with Crippen LogP contribution in [0.2, 0.25) is 0 Å². The molecule has 0 aliphatic heterocycles.